The van der Waals surface area contributed by atoms with E-state index in [9.17, 15) is 4.79 Å². The molecule has 2 unspecified atom stereocenters. The van der Waals surface area contributed by atoms with Crippen LogP contribution in [0.5, 0.6) is 5.88 Å². The second-order valence-electron chi connectivity index (χ2n) is 6.43. The van der Waals surface area contributed by atoms with Gasteiger partial charge in [0, 0.05) is 35.0 Å². The lowest BCUT2D eigenvalue weighted by molar-refractivity contribution is 0.0876. The van der Waals surface area contributed by atoms with Gasteiger partial charge in [0.25, 0.3) is 0 Å². The second kappa shape index (κ2) is 5.36. The van der Waals surface area contributed by atoms with E-state index in [1.54, 1.807) is 7.11 Å². The second-order valence-corrected chi connectivity index (χ2v) is 6.43. The molecule has 1 aromatic carbocycles. The number of rotatable bonds is 3. The van der Waals surface area contributed by atoms with Gasteiger partial charge in [-0.1, -0.05) is 0 Å². The predicted molar refractivity (Wildman–Crippen MR) is 85.3 cm³/mol. The summed E-state index contributed by atoms with van der Waals surface area (Å²) >= 11 is 0. The van der Waals surface area contributed by atoms with Crippen LogP contribution in [0.15, 0.2) is 30.3 Å². The van der Waals surface area contributed by atoms with Crippen molar-refractivity contribution in [3.05, 3.63) is 35.9 Å². The van der Waals surface area contributed by atoms with E-state index in [2.05, 4.69) is 10.3 Å². The Bertz CT molecular complexity index is 716. The molecule has 0 aliphatic carbocycles. The highest BCUT2D eigenvalue weighted by Crippen LogP contribution is 2.33. The summed E-state index contributed by atoms with van der Waals surface area (Å²) < 4.78 is 5.14. The smallest absolute Gasteiger partial charge is 0.213 e. The highest BCUT2D eigenvalue weighted by Gasteiger charge is 2.36. The van der Waals surface area contributed by atoms with Crippen LogP contribution < -0.4 is 10.1 Å². The number of methoxy groups -OCH3 is 1. The highest BCUT2D eigenvalue weighted by atomic mass is 16.5. The average Bonchev–Trinajstić information content (AvgIpc) is 2.91. The van der Waals surface area contributed by atoms with Gasteiger partial charge < -0.3 is 10.1 Å². The molecule has 0 radical (unpaired) electrons. The highest BCUT2D eigenvalue weighted by molar-refractivity contribution is 6.01. The number of ether oxygens (including phenoxy) is 1. The number of Topliss-reactive ketones (excluding diaryl/α,β-unsaturated/α-hetero) is 1. The number of hydrogen-bond donors (Lipinski definition) is 1. The summed E-state index contributed by atoms with van der Waals surface area (Å²) in [4.78, 5) is 17.2. The molecule has 22 heavy (non-hydrogen) atoms. The van der Waals surface area contributed by atoms with Crippen molar-refractivity contribution in [2.45, 2.75) is 37.8 Å². The Morgan fingerprint density at radius 1 is 1.18 bits per heavy atom. The molecule has 4 rings (SSSR count). The minimum absolute atomic E-state index is 0.169. The first kappa shape index (κ1) is 13.7. The number of ketones is 1. The number of carbonyl (C=O) groups excluding carboxylic acids is 1. The molecule has 2 fully saturated rings. The Kier molecular flexibility index (Phi) is 3.34. The summed E-state index contributed by atoms with van der Waals surface area (Å²) in [5, 5.41) is 4.58. The van der Waals surface area contributed by atoms with E-state index in [0.29, 0.717) is 18.0 Å². The van der Waals surface area contributed by atoms with Crippen molar-refractivity contribution in [1.82, 2.24) is 10.3 Å². The van der Waals surface area contributed by atoms with Crippen LogP contribution in [0.1, 0.15) is 36.0 Å². The number of hydrogen-bond acceptors (Lipinski definition) is 4. The third kappa shape index (κ3) is 2.37. The molecule has 2 saturated heterocycles. The van der Waals surface area contributed by atoms with Gasteiger partial charge in [-0.15, -0.1) is 0 Å². The molecule has 3 heterocycles. The normalized spacial score (nSPS) is 27.0. The number of aromatic nitrogens is 1. The summed E-state index contributed by atoms with van der Waals surface area (Å²) in [7, 11) is 1.61. The van der Waals surface area contributed by atoms with Gasteiger partial charge >= 0.3 is 0 Å². The van der Waals surface area contributed by atoms with Gasteiger partial charge in [0.15, 0.2) is 5.78 Å². The molecule has 1 aromatic heterocycles. The lowest BCUT2D eigenvalue weighted by atomic mass is 9.85. The van der Waals surface area contributed by atoms with Crippen LogP contribution in [-0.2, 0) is 0 Å². The van der Waals surface area contributed by atoms with E-state index in [1.165, 1.54) is 12.8 Å². The zero-order valence-corrected chi connectivity index (χ0v) is 12.7. The number of nitrogens with one attached hydrogen (secondary N) is 1. The van der Waals surface area contributed by atoms with Crippen molar-refractivity contribution in [3.63, 3.8) is 0 Å². The average molecular weight is 296 g/mol. The molecule has 2 aliphatic heterocycles. The van der Waals surface area contributed by atoms with Crippen LogP contribution in [0.25, 0.3) is 10.9 Å². The number of benzene rings is 1. The minimum Gasteiger partial charge on any atom is -0.481 e. The zero-order valence-electron chi connectivity index (χ0n) is 12.7. The van der Waals surface area contributed by atoms with Crippen LogP contribution in [0.3, 0.4) is 0 Å². The first-order valence-electron chi connectivity index (χ1n) is 7.98. The fourth-order valence-corrected chi connectivity index (χ4v) is 3.88. The van der Waals surface area contributed by atoms with E-state index in [-0.39, 0.29) is 11.7 Å². The van der Waals surface area contributed by atoms with Gasteiger partial charge in [-0.2, -0.15) is 0 Å². The predicted octanol–water partition coefficient (Wildman–Crippen LogP) is 2.96. The maximum absolute atomic E-state index is 12.8. The molecule has 2 aromatic rings. The van der Waals surface area contributed by atoms with E-state index in [4.69, 9.17) is 4.74 Å². The van der Waals surface area contributed by atoms with Crippen molar-refractivity contribution < 1.29 is 9.53 Å². The lowest BCUT2D eigenvalue weighted by Crippen LogP contribution is -2.40. The van der Waals surface area contributed by atoms with Crippen molar-refractivity contribution in [2.24, 2.45) is 5.92 Å². The van der Waals surface area contributed by atoms with Crippen LogP contribution in [0, 0.1) is 5.92 Å². The minimum atomic E-state index is 0.169. The van der Waals surface area contributed by atoms with Crippen molar-refractivity contribution >= 4 is 16.7 Å². The molecule has 2 aliphatic rings. The number of fused-ring (bicyclic) bond motifs is 3. The van der Waals surface area contributed by atoms with E-state index in [1.807, 2.05) is 30.3 Å². The Balaban J connectivity index is 1.61. The summed E-state index contributed by atoms with van der Waals surface area (Å²) in [5.74, 6) is 1.06. The van der Waals surface area contributed by atoms with Gasteiger partial charge in [-0.25, -0.2) is 4.98 Å². The topological polar surface area (TPSA) is 51.2 Å². The van der Waals surface area contributed by atoms with Crippen LogP contribution >= 0.6 is 0 Å². The summed E-state index contributed by atoms with van der Waals surface area (Å²) in [5.41, 5.74) is 1.67. The summed E-state index contributed by atoms with van der Waals surface area (Å²) in [6, 6.07) is 10.7. The van der Waals surface area contributed by atoms with Gasteiger partial charge in [0.2, 0.25) is 5.88 Å². The van der Waals surface area contributed by atoms with Gasteiger partial charge in [-0.05, 0) is 49.9 Å². The molecule has 114 valence electrons. The van der Waals surface area contributed by atoms with Crippen molar-refractivity contribution in [2.75, 3.05) is 7.11 Å². The monoisotopic (exact) mass is 296 g/mol. The number of carbonyl (C=O) groups is 1. The van der Waals surface area contributed by atoms with Crippen LogP contribution in [-0.4, -0.2) is 30.0 Å². The molecule has 0 spiro atoms. The van der Waals surface area contributed by atoms with E-state index in [0.717, 1.165) is 29.3 Å². The first-order valence-corrected chi connectivity index (χ1v) is 7.98. The zero-order chi connectivity index (χ0) is 15.1. The molecular formula is C18H20N2O2. The lowest BCUT2D eigenvalue weighted by Gasteiger charge is -2.28. The van der Waals surface area contributed by atoms with Gasteiger partial charge in [0.1, 0.15) is 0 Å². The summed E-state index contributed by atoms with van der Waals surface area (Å²) in [6.07, 6.45) is 4.40. The van der Waals surface area contributed by atoms with Crippen LogP contribution in [0.2, 0.25) is 0 Å². The molecule has 2 bridgehead atoms. The number of pyridine rings is 1. The standard InChI is InChI=1S/C18H20N2O2/c1-22-17-7-3-11-8-12(2-6-16(11)20-17)18(21)13-9-14-4-5-15(10-13)19-14/h2-3,6-8,13-15,19H,4-5,9-10H2,1H3. The molecule has 0 saturated carbocycles. The third-order valence-electron chi connectivity index (χ3n) is 5.00. The SMILES string of the molecule is COc1ccc2cc(C(=O)C3CC4CCC(C3)N4)ccc2n1. The first-order chi connectivity index (χ1) is 10.7. The maximum Gasteiger partial charge on any atom is 0.213 e. The number of nitrogens with zero attached hydrogens (tertiary/aromatic N) is 1. The summed E-state index contributed by atoms with van der Waals surface area (Å²) in [6.45, 7) is 0. The largest absolute Gasteiger partial charge is 0.481 e. The quantitative estimate of drug-likeness (QED) is 0.885. The Morgan fingerprint density at radius 2 is 1.95 bits per heavy atom. The maximum atomic E-state index is 12.8. The van der Waals surface area contributed by atoms with Crippen molar-refractivity contribution in [1.29, 1.82) is 0 Å². The number of piperidine rings is 1. The molecule has 4 heteroatoms. The van der Waals surface area contributed by atoms with Crippen molar-refractivity contribution in [3.8, 4) is 5.88 Å². The van der Waals surface area contributed by atoms with E-state index >= 15 is 0 Å². The van der Waals surface area contributed by atoms with Crippen LogP contribution in [0.4, 0.5) is 0 Å². The molecule has 2 atom stereocenters. The molecular weight excluding hydrogens is 276 g/mol. The van der Waals surface area contributed by atoms with Gasteiger partial charge in [0.05, 0.1) is 12.6 Å². The molecule has 4 nitrogen and oxygen atoms in total. The Hall–Kier alpha value is -1.94. The fourth-order valence-electron chi connectivity index (χ4n) is 3.88. The van der Waals surface area contributed by atoms with Gasteiger partial charge in [-0.3, -0.25) is 4.79 Å². The Morgan fingerprint density at radius 3 is 2.68 bits per heavy atom. The fraction of sp³-hybridized carbons (Fsp3) is 0.444. The molecule has 1 N–H and O–H groups in total. The Labute approximate surface area is 129 Å². The van der Waals surface area contributed by atoms with E-state index < -0.39 is 0 Å². The third-order valence-corrected chi connectivity index (χ3v) is 5.00. The molecule has 0 amide bonds.